The van der Waals surface area contributed by atoms with E-state index in [1.165, 1.54) is 0 Å². The topological polar surface area (TPSA) is 71.1 Å². The third-order valence-corrected chi connectivity index (χ3v) is 2.85. The fourth-order valence-corrected chi connectivity index (χ4v) is 2.18. The average molecular weight is 179 g/mol. The van der Waals surface area contributed by atoms with Crippen LogP contribution in [0, 0.1) is 0 Å². The molecule has 0 radical (unpaired) electrons. The van der Waals surface area contributed by atoms with Gasteiger partial charge in [-0.3, -0.25) is 0 Å². The Labute approximate surface area is 62.0 Å². The second-order valence-corrected chi connectivity index (χ2v) is 3.70. The highest BCUT2D eigenvalue weighted by molar-refractivity contribution is 7.58. The number of hydrogen-bond donors (Lipinski definition) is 0. The van der Waals surface area contributed by atoms with Crippen LogP contribution in [-0.2, 0) is 27.7 Å². The van der Waals surface area contributed by atoms with Crippen LogP contribution < -0.4 is 0 Å². The van der Waals surface area contributed by atoms with Crippen LogP contribution >= 0.6 is 8.17 Å². The second-order valence-electron chi connectivity index (χ2n) is 1.92. The van der Waals surface area contributed by atoms with Crippen molar-refractivity contribution in [1.29, 1.82) is 0 Å². The van der Waals surface area contributed by atoms with E-state index < -0.39 is 20.1 Å². The molecule has 0 saturated carbocycles. The highest BCUT2D eigenvalue weighted by Crippen LogP contribution is 2.68. The molecule has 0 aliphatic carbocycles. The molecule has 2 aliphatic rings. The molecule has 0 N–H and O–H groups in total. The summed E-state index contributed by atoms with van der Waals surface area (Å²) in [7, 11) is -3.01. The molecule has 0 aromatic rings. The van der Waals surface area contributed by atoms with Gasteiger partial charge < -0.3 is 0 Å². The summed E-state index contributed by atoms with van der Waals surface area (Å²) in [5, 5.41) is 0. The Hall–Kier alpha value is -0.710. The number of hydrogen-bond acceptors (Lipinski definition) is 6. The standard InChI is InChI=1S/C4H4O6P/c5-3-1-7-11(9-3)8-2-4(6)10-11/h1-2H2/q+1. The minimum Gasteiger partial charge on any atom is -0.244 e. The van der Waals surface area contributed by atoms with E-state index in [2.05, 4.69) is 9.05 Å². The van der Waals surface area contributed by atoms with Crippen molar-refractivity contribution < 1.29 is 27.7 Å². The van der Waals surface area contributed by atoms with Gasteiger partial charge in [-0.2, -0.15) is 0 Å². The van der Waals surface area contributed by atoms with Crippen molar-refractivity contribution in [3.63, 3.8) is 0 Å². The molecule has 0 atom stereocenters. The molecular weight excluding hydrogens is 175 g/mol. The van der Waals surface area contributed by atoms with Crippen molar-refractivity contribution >= 4 is 20.1 Å². The van der Waals surface area contributed by atoms with Crippen molar-refractivity contribution in [2.75, 3.05) is 13.2 Å². The van der Waals surface area contributed by atoms with Crippen molar-refractivity contribution in [2.45, 2.75) is 0 Å². The lowest BCUT2D eigenvalue weighted by atomic mass is 10.8. The van der Waals surface area contributed by atoms with Crippen LogP contribution in [0.2, 0.25) is 0 Å². The smallest absolute Gasteiger partial charge is 0.244 e. The summed E-state index contributed by atoms with van der Waals surface area (Å²) in [5.74, 6) is -1.12. The first-order chi connectivity index (χ1) is 5.20. The lowest BCUT2D eigenvalue weighted by molar-refractivity contribution is -0.133. The van der Waals surface area contributed by atoms with E-state index in [1.54, 1.807) is 0 Å². The van der Waals surface area contributed by atoms with E-state index in [9.17, 15) is 9.59 Å². The lowest BCUT2D eigenvalue weighted by Gasteiger charge is -1.99. The lowest BCUT2D eigenvalue weighted by Crippen LogP contribution is -1.96. The maximum Gasteiger partial charge on any atom is 0.676 e. The Morgan fingerprint density at radius 3 is 1.73 bits per heavy atom. The van der Waals surface area contributed by atoms with Crippen molar-refractivity contribution in [1.82, 2.24) is 0 Å². The molecule has 1 spiro atoms. The first-order valence-electron chi connectivity index (χ1n) is 2.83. The molecule has 11 heavy (non-hydrogen) atoms. The van der Waals surface area contributed by atoms with Crippen molar-refractivity contribution in [3.8, 4) is 0 Å². The van der Waals surface area contributed by atoms with Gasteiger partial charge in [-0.15, -0.1) is 9.05 Å². The number of carbonyl (C=O) groups is 2. The summed E-state index contributed by atoms with van der Waals surface area (Å²) >= 11 is 0. The first kappa shape index (κ1) is 6.97. The average Bonchev–Trinajstić information content (AvgIpc) is 2.44. The number of rotatable bonds is 0. The van der Waals surface area contributed by atoms with Crippen molar-refractivity contribution in [2.24, 2.45) is 0 Å². The zero-order valence-electron chi connectivity index (χ0n) is 5.31. The summed E-state index contributed by atoms with van der Waals surface area (Å²) < 4.78 is 18.6. The molecule has 7 heteroatoms. The van der Waals surface area contributed by atoms with Crippen LogP contribution in [0.25, 0.3) is 0 Å². The van der Waals surface area contributed by atoms with E-state index in [-0.39, 0.29) is 13.2 Å². The summed E-state index contributed by atoms with van der Waals surface area (Å²) in [6.07, 6.45) is 0. The molecule has 2 saturated heterocycles. The first-order valence-corrected chi connectivity index (χ1v) is 4.29. The molecule has 2 fully saturated rings. The van der Waals surface area contributed by atoms with Gasteiger partial charge in [-0.05, 0) is 0 Å². The molecule has 2 rings (SSSR count). The molecular formula is C4H4O6P+. The van der Waals surface area contributed by atoms with Crippen LogP contribution in [0.15, 0.2) is 0 Å². The Morgan fingerprint density at radius 1 is 1.00 bits per heavy atom. The molecule has 60 valence electrons. The molecule has 2 aliphatic heterocycles. The molecule has 6 nitrogen and oxygen atoms in total. The number of carbonyl (C=O) groups excluding carboxylic acids is 2. The van der Waals surface area contributed by atoms with Gasteiger partial charge in [0, 0.05) is 0 Å². The summed E-state index contributed by atoms with van der Waals surface area (Å²) in [6.45, 7) is -0.415. The van der Waals surface area contributed by atoms with Crippen LogP contribution in [0.1, 0.15) is 0 Å². The Bertz CT molecular complexity index is 201. The van der Waals surface area contributed by atoms with Gasteiger partial charge in [0.15, 0.2) is 0 Å². The maximum atomic E-state index is 10.5. The summed E-state index contributed by atoms with van der Waals surface area (Å²) in [5.41, 5.74) is 0. The molecule has 2 heterocycles. The minimum atomic E-state index is -3.01. The van der Waals surface area contributed by atoms with E-state index >= 15 is 0 Å². The molecule has 0 aromatic heterocycles. The molecule has 0 unspecified atom stereocenters. The quantitative estimate of drug-likeness (QED) is 0.480. The Kier molecular flexibility index (Phi) is 1.35. The Balaban J connectivity index is 2.13. The monoisotopic (exact) mass is 179 g/mol. The zero-order valence-corrected chi connectivity index (χ0v) is 6.21. The van der Waals surface area contributed by atoms with Crippen LogP contribution in [0.3, 0.4) is 0 Å². The SMILES string of the molecule is O=C1CO[P+]2(OCC(=O)O2)O1. The predicted molar refractivity (Wildman–Crippen MR) is 31.0 cm³/mol. The molecule has 0 amide bonds. The second kappa shape index (κ2) is 2.14. The van der Waals surface area contributed by atoms with Gasteiger partial charge in [0.1, 0.15) is 0 Å². The summed E-state index contributed by atoms with van der Waals surface area (Å²) in [6, 6.07) is 0. The molecule has 0 aromatic carbocycles. The normalized spacial score (nSPS) is 27.3. The van der Waals surface area contributed by atoms with E-state index in [0.29, 0.717) is 0 Å². The van der Waals surface area contributed by atoms with Crippen LogP contribution in [0.5, 0.6) is 0 Å². The largest absolute Gasteiger partial charge is 0.676 e. The zero-order chi connectivity index (χ0) is 7.90. The van der Waals surface area contributed by atoms with Crippen LogP contribution in [-0.4, -0.2) is 25.2 Å². The van der Waals surface area contributed by atoms with Gasteiger partial charge in [0.2, 0.25) is 13.2 Å². The van der Waals surface area contributed by atoms with Crippen molar-refractivity contribution in [3.05, 3.63) is 0 Å². The van der Waals surface area contributed by atoms with Gasteiger partial charge in [0.05, 0.1) is 0 Å². The highest BCUT2D eigenvalue weighted by atomic mass is 31.2. The van der Waals surface area contributed by atoms with Gasteiger partial charge in [0.25, 0.3) is 0 Å². The van der Waals surface area contributed by atoms with Gasteiger partial charge in [-0.25, -0.2) is 18.6 Å². The minimum absolute atomic E-state index is 0.207. The van der Waals surface area contributed by atoms with E-state index in [1.807, 2.05) is 0 Å². The van der Waals surface area contributed by atoms with E-state index in [0.717, 1.165) is 0 Å². The third-order valence-electron chi connectivity index (χ3n) is 1.11. The Morgan fingerprint density at radius 2 is 1.45 bits per heavy atom. The van der Waals surface area contributed by atoms with E-state index in [4.69, 9.17) is 9.05 Å². The van der Waals surface area contributed by atoms with Gasteiger partial charge >= 0.3 is 20.1 Å². The fourth-order valence-electron chi connectivity index (χ4n) is 0.727. The fraction of sp³-hybridized carbons (Fsp3) is 0.500. The van der Waals surface area contributed by atoms with Crippen LogP contribution in [0.4, 0.5) is 0 Å². The predicted octanol–water partition coefficient (Wildman–Crippen LogP) is -0.189. The third kappa shape index (κ3) is 1.09. The molecule has 0 bridgehead atoms. The highest BCUT2D eigenvalue weighted by Gasteiger charge is 2.66. The maximum absolute atomic E-state index is 10.5. The summed E-state index contributed by atoms with van der Waals surface area (Å²) in [4.78, 5) is 21.0. The van der Waals surface area contributed by atoms with Gasteiger partial charge in [-0.1, -0.05) is 0 Å².